The van der Waals surface area contributed by atoms with Crippen LogP contribution in [-0.2, 0) is 9.36 Å². The fourth-order valence-electron chi connectivity index (χ4n) is 2.47. The molecule has 1 aromatic rings. The Hall–Kier alpha value is -1.40. The number of hydrogen-bond acceptors (Lipinski definition) is 6. The molecule has 23 heavy (non-hydrogen) atoms. The molecule has 0 fully saturated rings. The minimum Gasteiger partial charge on any atom is -0.497 e. The number of likely N-dealkylation sites (N-methyl/N-ethyl adjacent to an activating group) is 1. The average Bonchev–Trinajstić information content (AvgIpc) is 2.46. The smallest absolute Gasteiger partial charge is 0.260 e. The number of amides is 1. The van der Waals surface area contributed by atoms with Gasteiger partial charge in [0.25, 0.3) is 5.91 Å². The number of nitrogens with zero attached hydrogens (tertiary/aromatic N) is 2. The van der Waals surface area contributed by atoms with Crippen LogP contribution in [0.3, 0.4) is 0 Å². The van der Waals surface area contributed by atoms with Crippen molar-refractivity contribution in [1.29, 1.82) is 0 Å². The first-order chi connectivity index (χ1) is 10.7. The zero-order valence-corrected chi connectivity index (χ0v) is 14.9. The van der Waals surface area contributed by atoms with Crippen molar-refractivity contribution in [1.82, 2.24) is 9.96 Å². The number of carbonyl (C=O) groups is 1. The molecule has 1 atom stereocenters. The van der Waals surface area contributed by atoms with Gasteiger partial charge in [0.2, 0.25) is 0 Å². The Morgan fingerprint density at radius 1 is 1.30 bits per heavy atom. The van der Waals surface area contributed by atoms with Crippen molar-refractivity contribution in [2.24, 2.45) is 0 Å². The summed E-state index contributed by atoms with van der Waals surface area (Å²) < 4.78 is 17.8. The number of rotatable bonds is 8. The molecule has 0 aromatic heterocycles. The first-order valence-electron chi connectivity index (χ1n) is 7.19. The molecule has 2 N–H and O–H groups in total. The zero-order valence-electron chi connectivity index (χ0n) is 14.0. The minimum absolute atomic E-state index is 0.112. The fraction of sp³-hybridized carbons (Fsp3) is 0.533. The summed E-state index contributed by atoms with van der Waals surface area (Å²) in [6.07, 6.45) is 0. The molecule has 8 heteroatoms. The summed E-state index contributed by atoms with van der Waals surface area (Å²) in [5.74, 6) is -0.328. The van der Waals surface area contributed by atoms with Crippen LogP contribution in [0.15, 0.2) is 24.3 Å². The molecule has 0 heterocycles. The van der Waals surface area contributed by atoms with Gasteiger partial charge >= 0.3 is 0 Å². The second-order valence-corrected chi connectivity index (χ2v) is 9.09. The van der Waals surface area contributed by atoms with E-state index in [0.717, 1.165) is 5.56 Å². The SMILES string of the molecule is COc1ccc(C(N(C)CC(=O)N(O)CCO)P(C)(C)=O)cc1. The molecule has 0 saturated carbocycles. The number of aliphatic hydroxyl groups excluding tert-OH is 1. The van der Waals surface area contributed by atoms with E-state index in [-0.39, 0.29) is 19.7 Å². The van der Waals surface area contributed by atoms with Gasteiger partial charge in [-0.2, -0.15) is 0 Å². The summed E-state index contributed by atoms with van der Waals surface area (Å²) in [4.78, 5) is 13.6. The third-order valence-corrected chi connectivity index (χ3v) is 5.28. The zero-order chi connectivity index (χ0) is 17.6. The van der Waals surface area contributed by atoms with Gasteiger partial charge in [-0.1, -0.05) is 12.1 Å². The van der Waals surface area contributed by atoms with Crippen molar-refractivity contribution in [2.45, 2.75) is 5.78 Å². The molecule has 0 aliphatic carbocycles. The molecular weight excluding hydrogens is 319 g/mol. The predicted octanol–water partition coefficient (Wildman–Crippen LogP) is 1.46. The van der Waals surface area contributed by atoms with Crippen LogP contribution in [0.5, 0.6) is 5.75 Å². The van der Waals surface area contributed by atoms with Crippen LogP contribution in [0.1, 0.15) is 11.3 Å². The molecule has 1 unspecified atom stereocenters. The molecule has 0 saturated heterocycles. The molecule has 130 valence electrons. The van der Waals surface area contributed by atoms with Crippen molar-refractivity contribution in [3.8, 4) is 5.75 Å². The molecule has 0 spiro atoms. The van der Waals surface area contributed by atoms with Gasteiger partial charge in [0.05, 0.1) is 32.6 Å². The van der Waals surface area contributed by atoms with Crippen molar-refractivity contribution < 1.29 is 24.4 Å². The van der Waals surface area contributed by atoms with E-state index < -0.39 is 18.8 Å². The Bertz CT molecular complexity index is 557. The third kappa shape index (κ3) is 5.62. The minimum atomic E-state index is -2.60. The van der Waals surface area contributed by atoms with Gasteiger partial charge in [0, 0.05) is 0 Å². The van der Waals surface area contributed by atoms with Crippen LogP contribution in [-0.4, -0.2) is 73.4 Å². The van der Waals surface area contributed by atoms with Crippen LogP contribution in [0.4, 0.5) is 0 Å². The second kappa shape index (κ2) is 8.45. The summed E-state index contributed by atoms with van der Waals surface area (Å²) in [6.45, 7) is 2.73. The third-order valence-electron chi connectivity index (χ3n) is 3.40. The van der Waals surface area contributed by atoms with Crippen LogP contribution in [0.2, 0.25) is 0 Å². The van der Waals surface area contributed by atoms with Crippen molar-refractivity contribution in [3.63, 3.8) is 0 Å². The predicted molar refractivity (Wildman–Crippen MR) is 88.4 cm³/mol. The molecule has 0 aliphatic rings. The highest BCUT2D eigenvalue weighted by Crippen LogP contribution is 2.54. The summed E-state index contributed by atoms with van der Waals surface area (Å²) in [5, 5.41) is 18.7. The lowest BCUT2D eigenvalue weighted by molar-refractivity contribution is -0.168. The van der Waals surface area contributed by atoms with E-state index in [9.17, 15) is 14.6 Å². The number of benzene rings is 1. The van der Waals surface area contributed by atoms with E-state index in [2.05, 4.69) is 0 Å². The number of ether oxygens (including phenoxy) is 1. The fourth-order valence-corrected chi connectivity index (χ4v) is 4.39. The Kier molecular flexibility index (Phi) is 7.22. The molecule has 1 amide bonds. The van der Waals surface area contributed by atoms with Crippen LogP contribution in [0.25, 0.3) is 0 Å². The largest absolute Gasteiger partial charge is 0.497 e. The summed E-state index contributed by atoms with van der Waals surface area (Å²) in [6, 6.07) is 7.18. The van der Waals surface area contributed by atoms with Crippen molar-refractivity contribution in [3.05, 3.63) is 29.8 Å². The van der Waals surface area contributed by atoms with Gasteiger partial charge in [-0.15, -0.1) is 0 Å². The maximum atomic E-state index is 12.7. The number of carbonyl (C=O) groups excluding carboxylic acids is 1. The Morgan fingerprint density at radius 2 is 1.87 bits per heavy atom. The number of hydroxylamine groups is 2. The Morgan fingerprint density at radius 3 is 2.30 bits per heavy atom. The summed E-state index contributed by atoms with van der Waals surface area (Å²) in [7, 11) is 0.652. The molecule has 1 aromatic carbocycles. The highest BCUT2D eigenvalue weighted by Gasteiger charge is 2.30. The quantitative estimate of drug-likeness (QED) is 0.422. The monoisotopic (exact) mass is 344 g/mol. The Labute approximate surface area is 136 Å². The summed E-state index contributed by atoms with van der Waals surface area (Å²) >= 11 is 0. The first kappa shape index (κ1) is 19.6. The highest BCUT2D eigenvalue weighted by atomic mass is 31.2. The van der Waals surface area contributed by atoms with Gasteiger partial charge in [0.15, 0.2) is 0 Å². The van der Waals surface area contributed by atoms with Crippen LogP contribution < -0.4 is 4.74 Å². The lowest BCUT2D eigenvalue weighted by Gasteiger charge is -2.32. The lowest BCUT2D eigenvalue weighted by Crippen LogP contribution is -2.39. The van der Waals surface area contributed by atoms with Gasteiger partial charge in [-0.05, 0) is 38.1 Å². The average molecular weight is 344 g/mol. The maximum Gasteiger partial charge on any atom is 0.260 e. The van der Waals surface area contributed by atoms with E-state index in [4.69, 9.17) is 9.84 Å². The van der Waals surface area contributed by atoms with Gasteiger partial charge in [-0.25, -0.2) is 5.06 Å². The van der Waals surface area contributed by atoms with E-state index in [1.165, 1.54) is 0 Å². The van der Waals surface area contributed by atoms with Crippen LogP contribution >= 0.6 is 7.14 Å². The molecule has 7 nitrogen and oxygen atoms in total. The van der Waals surface area contributed by atoms with E-state index in [0.29, 0.717) is 10.8 Å². The van der Waals surface area contributed by atoms with Gasteiger partial charge in [-0.3, -0.25) is 14.9 Å². The van der Waals surface area contributed by atoms with E-state index in [1.54, 1.807) is 44.5 Å². The molecular formula is C15H25N2O5P. The normalized spacial score (nSPS) is 13.0. The second-order valence-electron chi connectivity index (χ2n) is 5.74. The highest BCUT2D eigenvalue weighted by molar-refractivity contribution is 7.62. The molecule has 0 aliphatic heterocycles. The Balaban J connectivity index is 2.97. The lowest BCUT2D eigenvalue weighted by atomic mass is 10.2. The first-order valence-corrected chi connectivity index (χ1v) is 9.86. The topological polar surface area (TPSA) is 90.3 Å². The van der Waals surface area contributed by atoms with Crippen molar-refractivity contribution in [2.75, 3.05) is 47.2 Å². The number of aliphatic hydroxyl groups is 1. The van der Waals surface area contributed by atoms with Crippen LogP contribution in [0, 0.1) is 0 Å². The van der Waals surface area contributed by atoms with E-state index >= 15 is 0 Å². The van der Waals surface area contributed by atoms with Gasteiger partial charge in [0.1, 0.15) is 12.9 Å². The van der Waals surface area contributed by atoms with Crippen molar-refractivity contribution >= 4 is 13.0 Å². The van der Waals surface area contributed by atoms with Gasteiger partial charge < -0.3 is 14.4 Å². The molecule has 1 rings (SSSR count). The standard InChI is InChI=1S/C15H25N2O5P/c1-16(11-14(19)17(20)9-10-18)15(23(3,4)21)12-5-7-13(22-2)8-6-12/h5-8,15,18,20H,9-11H2,1-4H3. The summed E-state index contributed by atoms with van der Waals surface area (Å²) in [5.41, 5.74) is 0.807. The molecule has 0 radical (unpaired) electrons. The number of methoxy groups -OCH3 is 1. The maximum absolute atomic E-state index is 12.7. The van der Waals surface area contributed by atoms with E-state index in [1.807, 2.05) is 12.1 Å². The number of hydrogen-bond donors (Lipinski definition) is 2. The molecule has 0 bridgehead atoms.